The zero-order valence-electron chi connectivity index (χ0n) is 11.2. The molecule has 1 heterocycles. The molecule has 1 unspecified atom stereocenters. The Labute approximate surface area is 105 Å². The number of aryl methyl sites for hydroxylation is 1. The lowest BCUT2D eigenvalue weighted by atomic mass is 10.1. The fourth-order valence-electron chi connectivity index (χ4n) is 2.53. The fourth-order valence-corrected chi connectivity index (χ4v) is 2.53. The first-order valence-corrected chi connectivity index (χ1v) is 6.57. The summed E-state index contributed by atoms with van der Waals surface area (Å²) < 4.78 is 5.90. The molecule has 2 heteroatoms. The van der Waals surface area contributed by atoms with Crippen LogP contribution < -0.4 is 4.74 Å². The van der Waals surface area contributed by atoms with Crippen LogP contribution in [0.2, 0.25) is 0 Å². The van der Waals surface area contributed by atoms with Crippen molar-refractivity contribution in [2.45, 2.75) is 39.2 Å². The van der Waals surface area contributed by atoms with Gasteiger partial charge in [-0.3, -0.25) is 0 Å². The van der Waals surface area contributed by atoms with Crippen molar-refractivity contribution in [3.63, 3.8) is 0 Å². The van der Waals surface area contributed by atoms with Gasteiger partial charge >= 0.3 is 0 Å². The van der Waals surface area contributed by atoms with Crippen LogP contribution in [0.15, 0.2) is 18.2 Å². The Balaban J connectivity index is 1.84. The Hall–Kier alpha value is -1.02. The Morgan fingerprint density at radius 3 is 2.88 bits per heavy atom. The smallest absolute Gasteiger partial charge is 0.122 e. The van der Waals surface area contributed by atoms with E-state index in [1.54, 1.807) is 0 Å². The van der Waals surface area contributed by atoms with Gasteiger partial charge in [0.05, 0.1) is 6.61 Å². The van der Waals surface area contributed by atoms with Gasteiger partial charge in [0.1, 0.15) is 5.75 Å². The molecule has 1 aromatic carbocycles. The predicted octanol–water partition coefficient (Wildman–Crippen LogP) is 3.17. The summed E-state index contributed by atoms with van der Waals surface area (Å²) in [4.78, 5) is 2.45. The highest BCUT2D eigenvalue weighted by atomic mass is 16.5. The summed E-state index contributed by atoms with van der Waals surface area (Å²) in [6, 6.07) is 6.99. The predicted molar refractivity (Wildman–Crippen MR) is 71.7 cm³/mol. The highest BCUT2D eigenvalue weighted by molar-refractivity contribution is 5.38. The summed E-state index contributed by atoms with van der Waals surface area (Å²) in [5.74, 6) is 1.05. The third-order valence-corrected chi connectivity index (χ3v) is 3.94. The van der Waals surface area contributed by atoms with Gasteiger partial charge in [0.25, 0.3) is 0 Å². The molecule has 1 fully saturated rings. The first-order valence-electron chi connectivity index (χ1n) is 6.57. The molecule has 0 aliphatic carbocycles. The van der Waals surface area contributed by atoms with Crippen LogP contribution in [0.4, 0.5) is 0 Å². The minimum Gasteiger partial charge on any atom is -0.493 e. The SMILES string of the molecule is Cc1cccc(OCCC2CCCN2C)c1C. The Morgan fingerprint density at radius 1 is 1.35 bits per heavy atom. The second-order valence-corrected chi connectivity index (χ2v) is 5.11. The molecular formula is C15H23NO. The topological polar surface area (TPSA) is 12.5 Å². The Bertz CT molecular complexity index is 375. The van der Waals surface area contributed by atoms with E-state index in [0.717, 1.165) is 24.8 Å². The average Bonchev–Trinajstić information content (AvgIpc) is 2.71. The minimum absolute atomic E-state index is 0.722. The normalized spacial score (nSPS) is 20.8. The monoisotopic (exact) mass is 233 g/mol. The van der Waals surface area contributed by atoms with Gasteiger partial charge in [0.15, 0.2) is 0 Å². The number of benzene rings is 1. The second kappa shape index (κ2) is 5.54. The highest BCUT2D eigenvalue weighted by Crippen LogP contribution is 2.22. The summed E-state index contributed by atoms with van der Waals surface area (Å²) in [5.41, 5.74) is 2.58. The van der Waals surface area contributed by atoms with Crippen LogP contribution in [0.5, 0.6) is 5.75 Å². The molecule has 0 spiro atoms. The molecule has 0 bridgehead atoms. The largest absolute Gasteiger partial charge is 0.493 e. The highest BCUT2D eigenvalue weighted by Gasteiger charge is 2.20. The van der Waals surface area contributed by atoms with E-state index in [9.17, 15) is 0 Å². The third-order valence-electron chi connectivity index (χ3n) is 3.94. The van der Waals surface area contributed by atoms with Crippen molar-refractivity contribution >= 4 is 0 Å². The molecule has 2 nitrogen and oxygen atoms in total. The maximum absolute atomic E-state index is 5.90. The number of likely N-dealkylation sites (tertiary alicyclic amines) is 1. The summed E-state index contributed by atoms with van der Waals surface area (Å²) in [7, 11) is 2.22. The van der Waals surface area contributed by atoms with Gasteiger partial charge in [-0.05, 0) is 63.9 Å². The number of hydrogen-bond acceptors (Lipinski definition) is 2. The van der Waals surface area contributed by atoms with Crippen molar-refractivity contribution in [3.8, 4) is 5.75 Å². The van der Waals surface area contributed by atoms with E-state index in [4.69, 9.17) is 4.74 Å². The van der Waals surface area contributed by atoms with Gasteiger partial charge in [-0.2, -0.15) is 0 Å². The molecule has 1 atom stereocenters. The van der Waals surface area contributed by atoms with Gasteiger partial charge < -0.3 is 9.64 Å². The molecule has 1 saturated heterocycles. The van der Waals surface area contributed by atoms with Gasteiger partial charge in [-0.1, -0.05) is 12.1 Å². The maximum atomic E-state index is 5.90. The van der Waals surface area contributed by atoms with E-state index in [1.807, 2.05) is 0 Å². The van der Waals surface area contributed by atoms with Crippen LogP contribution in [0, 0.1) is 13.8 Å². The quantitative estimate of drug-likeness (QED) is 0.792. The first kappa shape index (κ1) is 12.4. The Morgan fingerprint density at radius 2 is 2.18 bits per heavy atom. The number of ether oxygens (including phenoxy) is 1. The lowest BCUT2D eigenvalue weighted by molar-refractivity contribution is 0.232. The molecule has 1 aromatic rings. The Kier molecular flexibility index (Phi) is 4.06. The number of hydrogen-bond donors (Lipinski definition) is 0. The molecular weight excluding hydrogens is 210 g/mol. The molecule has 0 N–H and O–H groups in total. The minimum atomic E-state index is 0.722. The first-order chi connectivity index (χ1) is 8.18. The lowest BCUT2D eigenvalue weighted by Gasteiger charge is -2.19. The van der Waals surface area contributed by atoms with Crippen molar-refractivity contribution in [2.24, 2.45) is 0 Å². The number of nitrogens with zero attached hydrogens (tertiary/aromatic N) is 1. The molecule has 17 heavy (non-hydrogen) atoms. The summed E-state index contributed by atoms with van der Waals surface area (Å²) >= 11 is 0. The van der Waals surface area contributed by atoms with Gasteiger partial charge in [-0.15, -0.1) is 0 Å². The van der Waals surface area contributed by atoms with Crippen LogP contribution in [-0.4, -0.2) is 31.1 Å². The third kappa shape index (κ3) is 3.01. The van der Waals surface area contributed by atoms with Crippen LogP contribution >= 0.6 is 0 Å². The molecule has 0 saturated carbocycles. The van der Waals surface area contributed by atoms with Crippen LogP contribution in [0.25, 0.3) is 0 Å². The molecule has 1 aliphatic rings. The standard InChI is InChI=1S/C15H23NO/c1-12-6-4-8-15(13(12)2)17-11-9-14-7-5-10-16(14)3/h4,6,8,14H,5,7,9-11H2,1-3H3. The number of rotatable bonds is 4. The van der Waals surface area contributed by atoms with E-state index < -0.39 is 0 Å². The zero-order valence-corrected chi connectivity index (χ0v) is 11.2. The van der Waals surface area contributed by atoms with Gasteiger partial charge in [-0.25, -0.2) is 0 Å². The van der Waals surface area contributed by atoms with E-state index in [0.29, 0.717) is 0 Å². The van der Waals surface area contributed by atoms with Crippen molar-refractivity contribution in [2.75, 3.05) is 20.2 Å². The van der Waals surface area contributed by atoms with Gasteiger partial charge in [0.2, 0.25) is 0 Å². The average molecular weight is 233 g/mol. The fraction of sp³-hybridized carbons (Fsp3) is 0.600. The molecule has 0 aromatic heterocycles. The molecule has 94 valence electrons. The van der Waals surface area contributed by atoms with Crippen molar-refractivity contribution in [1.82, 2.24) is 4.90 Å². The van der Waals surface area contributed by atoms with E-state index in [1.165, 1.54) is 30.5 Å². The van der Waals surface area contributed by atoms with E-state index >= 15 is 0 Å². The lowest BCUT2D eigenvalue weighted by Crippen LogP contribution is -2.26. The van der Waals surface area contributed by atoms with Gasteiger partial charge in [0, 0.05) is 6.04 Å². The van der Waals surface area contributed by atoms with Crippen LogP contribution in [0.3, 0.4) is 0 Å². The van der Waals surface area contributed by atoms with Crippen LogP contribution in [-0.2, 0) is 0 Å². The summed E-state index contributed by atoms with van der Waals surface area (Å²) in [6.45, 7) is 6.34. The second-order valence-electron chi connectivity index (χ2n) is 5.11. The molecule has 0 amide bonds. The van der Waals surface area contributed by atoms with Crippen LogP contribution in [0.1, 0.15) is 30.4 Å². The molecule has 2 rings (SSSR count). The van der Waals surface area contributed by atoms with E-state index in [2.05, 4.69) is 44.0 Å². The van der Waals surface area contributed by atoms with Crippen molar-refractivity contribution in [3.05, 3.63) is 29.3 Å². The molecule has 0 radical (unpaired) electrons. The van der Waals surface area contributed by atoms with Crippen molar-refractivity contribution < 1.29 is 4.74 Å². The molecule has 1 aliphatic heterocycles. The maximum Gasteiger partial charge on any atom is 0.122 e. The zero-order chi connectivity index (χ0) is 12.3. The summed E-state index contributed by atoms with van der Waals surface area (Å²) in [5, 5.41) is 0. The van der Waals surface area contributed by atoms with E-state index in [-0.39, 0.29) is 0 Å². The summed E-state index contributed by atoms with van der Waals surface area (Å²) in [6.07, 6.45) is 3.81. The van der Waals surface area contributed by atoms with Crippen molar-refractivity contribution in [1.29, 1.82) is 0 Å².